The molecule has 158 valence electrons. The molecule has 0 aliphatic carbocycles. The Balaban J connectivity index is 1.44. The number of aromatic nitrogens is 3. The molecule has 0 spiro atoms. The highest BCUT2D eigenvalue weighted by atomic mass is 16.2. The van der Waals surface area contributed by atoms with Crippen molar-refractivity contribution < 1.29 is 4.79 Å². The molecular formula is C26H23N5O. The average molecular weight is 422 g/mol. The van der Waals surface area contributed by atoms with Gasteiger partial charge >= 0.3 is 0 Å². The van der Waals surface area contributed by atoms with Crippen molar-refractivity contribution in [1.29, 1.82) is 0 Å². The van der Waals surface area contributed by atoms with E-state index in [-0.39, 0.29) is 11.8 Å². The Morgan fingerprint density at radius 2 is 1.72 bits per heavy atom. The van der Waals surface area contributed by atoms with Gasteiger partial charge in [0.2, 0.25) is 0 Å². The van der Waals surface area contributed by atoms with Gasteiger partial charge in [-0.05, 0) is 42.8 Å². The van der Waals surface area contributed by atoms with Crippen molar-refractivity contribution in [3.8, 4) is 11.3 Å². The normalized spacial score (nSPS) is 15.5. The lowest BCUT2D eigenvalue weighted by Crippen LogP contribution is -2.28. The maximum Gasteiger partial charge on any atom is 0.253 e. The van der Waals surface area contributed by atoms with E-state index in [1.807, 2.05) is 83.8 Å². The highest BCUT2D eigenvalue weighted by Gasteiger charge is 2.30. The van der Waals surface area contributed by atoms with Crippen LogP contribution in [0.3, 0.4) is 0 Å². The van der Waals surface area contributed by atoms with Crippen molar-refractivity contribution >= 4 is 17.4 Å². The summed E-state index contributed by atoms with van der Waals surface area (Å²) in [6.07, 6.45) is 4.39. The number of pyridine rings is 1. The molecule has 6 heteroatoms. The Morgan fingerprint density at radius 3 is 2.47 bits per heavy atom. The van der Waals surface area contributed by atoms with E-state index in [0.29, 0.717) is 18.7 Å². The quantitative estimate of drug-likeness (QED) is 0.496. The molecule has 1 N–H and O–H groups in total. The van der Waals surface area contributed by atoms with Gasteiger partial charge in [0.1, 0.15) is 11.6 Å². The minimum absolute atomic E-state index is 0.0548. The molecular weight excluding hydrogens is 398 g/mol. The van der Waals surface area contributed by atoms with Crippen LogP contribution < -0.4 is 5.32 Å². The zero-order valence-corrected chi connectivity index (χ0v) is 17.6. The monoisotopic (exact) mass is 421 g/mol. The van der Waals surface area contributed by atoms with Gasteiger partial charge in [0.05, 0.1) is 5.69 Å². The number of amides is 1. The van der Waals surface area contributed by atoms with E-state index >= 15 is 0 Å². The molecule has 6 nitrogen and oxygen atoms in total. The fourth-order valence-corrected chi connectivity index (χ4v) is 3.96. The Bertz CT molecular complexity index is 1200. The number of rotatable bonds is 5. The van der Waals surface area contributed by atoms with Crippen LogP contribution in [0.25, 0.3) is 11.3 Å². The number of hydrogen-bond acceptors (Lipinski definition) is 5. The number of likely N-dealkylation sites (tertiary alicyclic amines) is 1. The molecule has 1 unspecified atom stereocenters. The van der Waals surface area contributed by atoms with E-state index < -0.39 is 0 Å². The van der Waals surface area contributed by atoms with Gasteiger partial charge in [0.25, 0.3) is 5.91 Å². The lowest BCUT2D eigenvalue weighted by Gasteiger charge is -2.17. The van der Waals surface area contributed by atoms with Gasteiger partial charge in [-0.2, -0.15) is 0 Å². The molecule has 1 saturated heterocycles. The van der Waals surface area contributed by atoms with Crippen LogP contribution in [0, 0.1) is 0 Å². The van der Waals surface area contributed by atoms with Gasteiger partial charge in [0, 0.05) is 54.3 Å². The first-order valence-corrected chi connectivity index (χ1v) is 10.7. The molecule has 3 heterocycles. The van der Waals surface area contributed by atoms with Crippen molar-refractivity contribution in [3.05, 3.63) is 103 Å². The van der Waals surface area contributed by atoms with Gasteiger partial charge in [-0.1, -0.05) is 36.4 Å². The third-order valence-electron chi connectivity index (χ3n) is 5.61. The van der Waals surface area contributed by atoms with Crippen LogP contribution in [0.4, 0.5) is 11.5 Å². The maximum absolute atomic E-state index is 12.9. The number of carbonyl (C=O) groups excluding carboxylic acids is 1. The van der Waals surface area contributed by atoms with Crippen molar-refractivity contribution in [3.63, 3.8) is 0 Å². The average Bonchev–Trinajstić information content (AvgIpc) is 3.36. The van der Waals surface area contributed by atoms with Crippen molar-refractivity contribution in [2.24, 2.45) is 0 Å². The minimum Gasteiger partial charge on any atom is -0.340 e. The molecule has 2 aromatic carbocycles. The highest BCUT2D eigenvalue weighted by molar-refractivity contribution is 5.94. The van der Waals surface area contributed by atoms with Crippen LogP contribution in [0.15, 0.2) is 91.3 Å². The second kappa shape index (κ2) is 8.98. The molecule has 1 aliphatic heterocycles. The Labute approximate surface area is 187 Å². The van der Waals surface area contributed by atoms with Crippen molar-refractivity contribution in [2.45, 2.75) is 12.3 Å². The molecule has 5 rings (SSSR count). The number of para-hydroxylation sites is 1. The van der Waals surface area contributed by atoms with Crippen LogP contribution in [0.1, 0.15) is 28.5 Å². The van der Waals surface area contributed by atoms with E-state index in [2.05, 4.69) is 10.3 Å². The molecule has 0 radical (unpaired) electrons. The van der Waals surface area contributed by atoms with Crippen LogP contribution in [-0.2, 0) is 0 Å². The van der Waals surface area contributed by atoms with E-state index in [0.717, 1.165) is 35.0 Å². The second-order valence-corrected chi connectivity index (χ2v) is 7.83. The van der Waals surface area contributed by atoms with Gasteiger partial charge in [-0.15, -0.1) is 0 Å². The smallest absolute Gasteiger partial charge is 0.253 e. The maximum atomic E-state index is 12.9. The summed E-state index contributed by atoms with van der Waals surface area (Å²) in [6.45, 7) is 1.30. The zero-order valence-electron chi connectivity index (χ0n) is 17.6. The molecule has 2 aromatic heterocycles. The summed E-state index contributed by atoms with van der Waals surface area (Å²) < 4.78 is 0. The predicted octanol–water partition coefficient (Wildman–Crippen LogP) is 4.91. The molecule has 1 atom stereocenters. The number of nitrogens with zero attached hydrogens (tertiary/aromatic N) is 4. The van der Waals surface area contributed by atoms with Crippen LogP contribution in [-0.4, -0.2) is 38.8 Å². The lowest BCUT2D eigenvalue weighted by atomic mass is 10.1. The number of carbonyl (C=O) groups is 1. The van der Waals surface area contributed by atoms with Gasteiger partial charge in [-0.25, -0.2) is 9.97 Å². The number of nitrogens with one attached hydrogen (secondary N) is 1. The van der Waals surface area contributed by atoms with E-state index in [9.17, 15) is 4.79 Å². The van der Waals surface area contributed by atoms with Crippen LogP contribution in [0.5, 0.6) is 0 Å². The fraction of sp³-hybridized carbons (Fsp3) is 0.154. The summed E-state index contributed by atoms with van der Waals surface area (Å²) in [5.41, 5.74) is 3.42. The first-order valence-electron chi connectivity index (χ1n) is 10.7. The first kappa shape index (κ1) is 19.9. The molecule has 0 saturated carbocycles. The van der Waals surface area contributed by atoms with E-state index in [1.54, 1.807) is 12.4 Å². The molecule has 1 aliphatic rings. The third-order valence-corrected chi connectivity index (χ3v) is 5.61. The summed E-state index contributed by atoms with van der Waals surface area (Å²) in [7, 11) is 0. The van der Waals surface area contributed by atoms with Crippen molar-refractivity contribution in [2.75, 3.05) is 18.4 Å². The molecule has 32 heavy (non-hydrogen) atoms. The second-order valence-electron chi connectivity index (χ2n) is 7.83. The Kier molecular flexibility index (Phi) is 5.58. The van der Waals surface area contributed by atoms with Gasteiger partial charge in [-0.3, -0.25) is 9.78 Å². The largest absolute Gasteiger partial charge is 0.340 e. The third kappa shape index (κ3) is 4.34. The number of anilines is 2. The fourth-order valence-electron chi connectivity index (χ4n) is 3.96. The highest BCUT2D eigenvalue weighted by Crippen LogP contribution is 2.30. The van der Waals surface area contributed by atoms with Gasteiger partial charge < -0.3 is 10.2 Å². The molecule has 0 bridgehead atoms. The Morgan fingerprint density at radius 1 is 0.938 bits per heavy atom. The van der Waals surface area contributed by atoms with Crippen molar-refractivity contribution in [1.82, 2.24) is 19.9 Å². The number of benzene rings is 2. The molecule has 4 aromatic rings. The van der Waals surface area contributed by atoms with Gasteiger partial charge in [0.15, 0.2) is 0 Å². The van der Waals surface area contributed by atoms with Crippen LogP contribution in [0.2, 0.25) is 0 Å². The predicted molar refractivity (Wildman–Crippen MR) is 125 cm³/mol. The summed E-state index contributed by atoms with van der Waals surface area (Å²) >= 11 is 0. The number of hydrogen-bond donors (Lipinski definition) is 1. The molecule has 1 fully saturated rings. The van der Waals surface area contributed by atoms with E-state index in [4.69, 9.17) is 9.97 Å². The SMILES string of the molecule is O=C(c1ccccc1)N1CCC(c2nc(Nc3ccccc3)cc(-c3cccnc3)n2)C1. The summed E-state index contributed by atoms with van der Waals surface area (Å²) in [5.74, 6) is 1.61. The first-order chi connectivity index (χ1) is 15.8. The van der Waals surface area contributed by atoms with Crippen LogP contribution >= 0.6 is 0 Å². The minimum atomic E-state index is 0.0548. The lowest BCUT2D eigenvalue weighted by molar-refractivity contribution is 0.0790. The topological polar surface area (TPSA) is 71.0 Å². The Hall–Kier alpha value is -4.06. The summed E-state index contributed by atoms with van der Waals surface area (Å²) in [4.78, 5) is 28.7. The molecule has 1 amide bonds. The summed E-state index contributed by atoms with van der Waals surface area (Å²) in [6, 6.07) is 25.2. The zero-order chi connectivity index (χ0) is 21.8. The standard InChI is InChI=1S/C26H23N5O/c32-26(19-8-3-1-4-9-19)31-15-13-21(18-31)25-29-23(20-10-7-14-27-17-20)16-24(30-25)28-22-11-5-2-6-12-22/h1-12,14,16-17,21H,13,15,18H2,(H,28,29,30). The summed E-state index contributed by atoms with van der Waals surface area (Å²) in [5, 5.41) is 3.39. The van der Waals surface area contributed by atoms with E-state index in [1.165, 1.54) is 0 Å².